The van der Waals surface area contributed by atoms with Crippen molar-refractivity contribution < 1.29 is 14.6 Å². The highest BCUT2D eigenvalue weighted by molar-refractivity contribution is 5.69. The van der Waals surface area contributed by atoms with Crippen molar-refractivity contribution in [2.24, 2.45) is 0 Å². The van der Waals surface area contributed by atoms with Gasteiger partial charge in [-0.1, -0.05) is 0 Å². The number of nitrogens with zero attached hydrogens (tertiary/aromatic N) is 1. The van der Waals surface area contributed by atoms with Crippen LogP contribution in [0.5, 0.6) is 5.75 Å². The van der Waals surface area contributed by atoms with E-state index < -0.39 is 0 Å². The van der Waals surface area contributed by atoms with Crippen LogP contribution in [-0.4, -0.2) is 45.6 Å². The topological polar surface area (TPSA) is 68.0 Å². The van der Waals surface area contributed by atoms with E-state index in [1.807, 2.05) is 30.1 Å². The molecule has 0 saturated heterocycles. The van der Waals surface area contributed by atoms with Crippen molar-refractivity contribution in [1.29, 1.82) is 0 Å². The first-order valence-electron chi connectivity index (χ1n) is 5.52. The quantitative estimate of drug-likeness (QED) is 0.543. The molecular weight excluding hydrogens is 220 g/mol. The van der Waals surface area contributed by atoms with Crippen molar-refractivity contribution in [3.05, 3.63) is 18.2 Å². The van der Waals surface area contributed by atoms with Crippen LogP contribution in [0.25, 0.3) is 0 Å². The highest BCUT2D eigenvalue weighted by Gasteiger charge is 2.06. The van der Waals surface area contributed by atoms with Gasteiger partial charge in [-0.3, -0.25) is 0 Å². The molecule has 0 aliphatic rings. The molecule has 0 saturated carbocycles. The molecule has 3 N–H and O–H groups in total. The molecule has 0 unspecified atom stereocenters. The zero-order valence-corrected chi connectivity index (χ0v) is 10.3. The number of hydrogen-bond donors (Lipinski definition) is 2. The molecule has 0 atom stereocenters. The number of aliphatic hydroxyl groups excluding tert-OH is 1. The van der Waals surface area contributed by atoms with Crippen LogP contribution in [-0.2, 0) is 4.74 Å². The molecule has 1 rings (SSSR count). The monoisotopic (exact) mass is 240 g/mol. The van der Waals surface area contributed by atoms with Gasteiger partial charge >= 0.3 is 0 Å². The van der Waals surface area contributed by atoms with Gasteiger partial charge in [-0.2, -0.15) is 0 Å². The SMILES string of the molecule is COc1ccc(N)c(N(C)CCOCCO)c1. The third-order valence-corrected chi connectivity index (χ3v) is 2.46. The summed E-state index contributed by atoms with van der Waals surface area (Å²) >= 11 is 0. The van der Waals surface area contributed by atoms with Gasteiger partial charge in [-0.25, -0.2) is 0 Å². The molecule has 0 amide bonds. The summed E-state index contributed by atoms with van der Waals surface area (Å²) in [6.45, 7) is 1.66. The molecule has 0 spiro atoms. The fourth-order valence-corrected chi connectivity index (χ4v) is 1.47. The molecule has 0 aliphatic heterocycles. The van der Waals surface area contributed by atoms with Crippen LogP contribution < -0.4 is 15.4 Å². The summed E-state index contributed by atoms with van der Waals surface area (Å²) in [7, 11) is 3.56. The second-order valence-electron chi connectivity index (χ2n) is 3.68. The number of aliphatic hydroxyl groups is 1. The number of nitrogens with two attached hydrogens (primary N) is 1. The lowest BCUT2D eigenvalue weighted by Gasteiger charge is -2.21. The summed E-state index contributed by atoms with van der Waals surface area (Å²) in [4.78, 5) is 2.00. The van der Waals surface area contributed by atoms with Crippen LogP contribution in [0.1, 0.15) is 0 Å². The predicted octanol–water partition coefficient (Wildman–Crippen LogP) is 0.722. The second-order valence-corrected chi connectivity index (χ2v) is 3.68. The summed E-state index contributed by atoms with van der Waals surface area (Å²) in [5.74, 6) is 0.775. The first kappa shape index (κ1) is 13.6. The van der Waals surface area contributed by atoms with Crippen LogP contribution >= 0.6 is 0 Å². The lowest BCUT2D eigenvalue weighted by atomic mass is 10.2. The Morgan fingerprint density at radius 3 is 2.76 bits per heavy atom. The maximum absolute atomic E-state index is 8.59. The second kappa shape index (κ2) is 6.98. The highest BCUT2D eigenvalue weighted by Crippen LogP contribution is 2.26. The number of nitrogen functional groups attached to an aromatic ring is 1. The predicted molar refractivity (Wildman–Crippen MR) is 68.6 cm³/mol. The fraction of sp³-hybridized carbons (Fsp3) is 0.500. The van der Waals surface area contributed by atoms with Gasteiger partial charge in [-0.05, 0) is 12.1 Å². The van der Waals surface area contributed by atoms with Gasteiger partial charge in [0.2, 0.25) is 0 Å². The number of ether oxygens (including phenoxy) is 2. The first-order chi connectivity index (χ1) is 8.19. The van der Waals surface area contributed by atoms with Crippen molar-refractivity contribution in [2.45, 2.75) is 0 Å². The molecule has 0 bridgehead atoms. The molecule has 5 nitrogen and oxygen atoms in total. The van der Waals surface area contributed by atoms with Crippen LogP contribution in [0.3, 0.4) is 0 Å². The average molecular weight is 240 g/mol. The van der Waals surface area contributed by atoms with Crippen molar-refractivity contribution in [3.8, 4) is 5.75 Å². The largest absolute Gasteiger partial charge is 0.497 e. The van der Waals surface area contributed by atoms with E-state index in [1.54, 1.807) is 7.11 Å². The van der Waals surface area contributed by atoms with Crippen LogP contribution in [0.2, 0.25) is 0 Å². The standard InChI is InChI=1S/C12H20N2O3/c1-14(5-7-17-8-6-15)12-9-10(16-2)3-4-11(12)13/h3-4,9,15H,5-8,13H2,1-2H3. The molecule has 1 aromatic carbocycles. The summed E-state index contributed by atoms with van der Waals surface area (Å²) in [6.07, 6.45) is 0. The maximum atomic E-state index is 8.59. The molecule has 0 aliphatic carbocycles. The lowest BCUT2D eigenvalue weighted by Crippen LogP contribution is -2.24. The molecule has 17 heavy (non-hydrogen) atoms. The Morgan fingerprint density at radius 1 is 1.35 bits per heavy atom. The zero-order valence-electron chi connectivity index (χ0n) is 10.3. The third kappa shape index (κ3) is 4.13. The Kier molecular flexibility index (Phi) is 5.59. The van der Waals surface area contributed by atoms with E-state index in [4.69, 9.17) is 20.3 Å². The Hall–Kier alpha value is -1.46. The Labute approximate surface area is 102 Å². The number of hydrogen-bond acceptors (Lipinski definition) is 5. The van der Waals surface area contributed by atoms with Gasteiger partial charge in [0.05, 0.1) is 38.3 Å². The van der Waals surface area contributed by atoms with E-state index in [0.717, 1.165) is 11.4 Å². The third-order valence-electron chi connectivity index (χ3n) is 2.46. The van der Waals surface area contributed by atoms with Gasteiger partial charge in [-0.15, -0.1) is 0 Å². The maximum Gasteiger partial charge on any atom is 0.121 e. The summed E-state index contributed by atoms with van der Waals surface area (Å²) in [6, 6.07) is 5.54. The van der Waals surface area contributed by atoms with E-state index in [9.17, 15) is 0 Å². The van der Waals surface area contributed by atoms with Gasteiger partial charge in [0.1, 0.15) is 5.75 Å². The number of benzene rings is 1. The zero-order chi connectivity index (χ0) is 12.7. The van der Waals surface area contributed by atoms with Crippen molar-refractivity contribution in [3.63, 3.8) is 0 Å². The van der Waals surface area contributed by atoms with Gasteiger partial charge in [0.15, 0.2) is 0 Å². The van der Waals surface area contributed by atoms with Gasteiger partial charge < -0.3 is 25.2 Å². The molecule has 0 heterocycles. The van der Waals surface area contributed by atoms with Gasteiger partial charge in [0.25, 0.3) is 0 Å². The van der Waals surface area contributed by atoms with E-state index in [1.165, 1.54) is 0 Å². The fourth-order valence-electron chi connectivity index (χ4n) is 1.47. The van der Waals surface area contributed by atoms with Crippen LogP contribution in [0, 0.1) is 0 Å². The van der Waals surface area contributed by atoms with E-state index in [2.05, 4.69) is 0 Å². The first-order valence-corrected chi connectivity index (χ1v) is 5.52. The molecule has 1 aromatic rings. The molecule has 0 radical (unpaired) electrons. The highest BCUT2D eigenvalue weighted by atomic mass is 16.5. The molecular formula is C12H20N2O3. The lowest BCUT2D eigenvalue weighted by molar-refractivity contribution is 0.0971. The summed E-state index contributed by atoms with van der Waals surface area (Å²) < 4.78 is 10.4. The Balaban J connectivity index is 2.57. The van der Waals surface area contributed by atoms with Crippen molar-refractivity contribution >= 4 is 11.4 Å². The molecule has 96 valence electrons. The van der Waals surface area contributed by atoms with E-state index in [0.29, 0.717) is 25.4 Å². The van der Waals surface area contributed by atoms with E-state index in [-0.39, 0.29) is 6.61 Å². The minimum Gasteiger partial charge on any atom is -0.497 e. The number of methoxy groups -OCH3 is 1. The Bertz CT molecular complexity index is 345. The molecule has 0 aromatic heterocycles. The number of anilines is 2. The van der Waals surface area contributed by atoms with E-state index >= 15 is 0 Å². The molecule has 0 fully saturated rings. The minimum atomic E-state index is 0.0466. The van der Waals surface area contributed by atoms with Crippen LogP contribution in [0.15, 0.2) is 18.2 Å². The van der Waals surface area contributed by atoms with Crippen molar-refractivity contribution in [1.82, 2.24) is 0 Å². The summed E-state index contributed by atoms with van der Waals surface area (Å²) in [5, 5.41) is 8.59. The number of rotatable bonds is 7. The van der Waals surface area contributed by atoms with Crippen LogP contribution in [0.4, 0.5) is 11.4 Å². The normalized spacial score (nSPS) is 10.3. The smallest absolute Gasteiger partial charge is 0.121 e. The summed E-state index contributed by atoms with van der Waals surface area (Å²) in [5.41, 5.74) is 7.52. The number of likely N-dealkylation sites (N-methyl/N-ethyl adjacent to an activating group) is 1. The minimum absolute atomic E-state index is 0.0466. The Morgan fingerprint density at radius 2 is 2.12 bits per heavy atom. The molecule has 5 heteroatoms. The van der Waals surface area contributed by atoms with Crippen molar-refractivity contribution in [2.75, 3.05) is 51.2 Å². The van der Waals surface area contributed by atoms with Gasteiger partial charge in [0, 0.05) is 19.7 Å². The average Bonchev–Trinajstić information content (AvgIpc) is 2.35.